The van der Waals surface area contributed by atoms with Crippen molar-refractivity contribution in [3.63, 3.8) is 0 Å². The second-order valence-electron chi connectivity index (χ2n) is 5.58. The van der Waals surface area contributed by atoms with Crippen LogP contribution in [0.2, 0.25) is 0 Å². The first-order valence-electron chi connectivity index (χ1n) is 7.74. The number of carbonyl (C=O) groups is 1. The predicted molar refractivity (Wildman–Crippen MR) is 98.4 cm³/mol. The second-order valence-corrected chi connectivity index (χ2v) is 6.50. The van der Waals surface area contributed by atoms with E-state index < -0.39 is 11.8 Å². The molecule has 0 aliphatic heterocycles. The first-order valence-corrected chi connectivity index (χ1v) is 8.53. The number of halogens is 2. The van der Waals surface area contributed by atoms with E-state index in [-0.39, 0.29) is 5.69 Å². The number of carbonyl (C=O) groups excluding carboxylic acids is 1. The molecule has 0 saturated heterocycles. The molecule has 2 N–H and O–H groups in total. The fraction of sp³-hybridized carbons (Fsp3) is 0.278. The molecule has 128 valence electrons. The molecule has 0 fully saturated rings. The van der Waals surface area contributed by atoms with E-state index in [1.54, 1.807) is 6.07 Å². The molecule has 0 saturated carbocycles. The van der Waals surface area contributed by atoms with Gasteiger partial charge in [0.25, 0.3) is 0 Å². The van der Waals surface area contributed by atoms with E-state index in [2.05, 4.69) is 57.6 Å². The normalized spacial score (nSPS) is 10.7. The van der Waals surface area contributed by atoms with E-state index in [0.717, 1.165) is 18.7 Å². The molecule has 0 aromatic heterocycles. The maximum Gasteiger partial charge on any atom is 0.319 e. The summed E-state index contributed by atoms with van der Waals surface area (Å²) in [7, 11) is 2.06. The van der Waals surface area contributed by atoms with Gasteiger partial charge >= 0.3 is 6.03 Å². The molecule has 0 aliphatic rings. The zero-order valence-electron chi connectivity index (χ0n) is 13.8. The maximum absolute atomic E-state index is 13.7. The molecule has 2 rings (SSSR count). The molecule has 0 spiro atoms. The molecule has 0 aliphatic carbocycles. The van der Waals surface area contributed by atoms with Crippen LogP contribution in [-0.2, 0) is 13.1 Å². The van der Waals surface area contributed by atoms with Gasteiger partial charge in [-0.25, -0.2) is 9.18 Å². The van der Waals surface area contributed by atoms with Crippen LogP contribution < -0.4 is 10.6 Å². The van der Waals surface area contributed by atoms with Gasteiger partial charge in [0, 0.05) is 17.6 Å². The third kappa shape index (κ3) is 5.62. The van der Waals surface area contributed by atoms with Crippen molar-refractivity contribution < 1.29 is 9.18 Å². The molecule has 0 atom stereocenters. The van der Waals surface area contributed by atoms with Crippen LogP contribution in [0.25, 0.3) is 0 Å². The van der Waals surface area contributed by atoms with Gasteiger partial charge in [-0.1, -0.05) is 47.1 Å². The van der Waals surface area contributed by atoms with Gasteiger partial charge in [0.1, 0.15) is 5.82 Å². The molecule has 0 unspecified atom stereocenters. The number of rotatable bonds is 6. The lowest BCUT2D eigenvalue weighted by Crippen LogP contribution is -2.28. The van der Waals surface area contributed by atoms with E-state index in [0.29, 0.717) is 11.0 Å². The molecule has 2 aromatic rings. The summed E-state index contributed by atoms with van der Waals surface area (Å²) >= 11 is 3.18. The Morgan fingerprint density at radius 1 is 1.21 bits per heavy atom. The molecule has 0 bridgehead atoms. The van der Waals surface area contributed by atoms with Crippen LogP contribution in [0.3, 0.4) is 0 Å². The Labute approximate surface area is 150 Å². The summed E-state index contributed by atoms with van der Waals surface area (Å²) in [6.45, 7) is 4.33. The molecule has 0 radical (unpaired) electrons. The van der Waals surface area contributed by atoms with Crippen LogP contribution in [-0.4, -0.2) is 24.5 Å². The van der Waals surface area contributed by atoms with E-state index in [4.69, 9.17) is 0 Å². The highest BCUT2D eigenvalue weighted by Crippen LogP contribution is 2.19. The van der Waals surface area contributed by atoms with Gasteiger partial charge in [-0.2, -0.15) is 0 Å². The van der Waals surface area contributed by atoms with Crippen molar-refractivity contribution in [2.75, 3.05) is 18.9 Å². The molecular weight excluding hydrogens is 373 g/mol. The Morgan fingerprint density at radius 3 is 2.67 bits per heavy atom. The van der Waals surface area contributed by atoms with Gasteiger partial charge in [0.2, 0.25) is 0 Å². The average Bonchev–Trinajstić information content (AvgIpc) is 2.56. The Kier molecular flexibility index (Phi) is 6.75. The van der Waals surface area contributed by atoms with Crippen molar-refractivity contribution in [1.29, 1.82) is 0 Å². The van der Waals surface area contributed by atoms with Gasteiger partial charge in [0.15, 0.2) is 0 Å². The summed E-state index contributed by atoms with van der Waals surface area (Å²) in [4.78, 5) is 14.1. The highest BCUT2D eigenvalue weighted by atomic mass is 79.9. The number of benzene rings is 2. The first-order chi connectivity index (χ1) is 11.5. The van der Waals surface area contributed by atoms with Crippen molar-refractivity contribution in [2.24, 2.45) is 0 Å². The highest BCUT2D eigenvalue weighted by Gasteiger charge is 2.07. The molecule has 2 aromatic carbocycles. The quantitative estimate of drug-likeness (QED) is 0.765. The summed E-state index contributed by atoms with van der Waals surface area (Å²) < 4.78 is 14.3. The number of urea groups is 1. The number of hydrogen-bond donors (Lipinski definition) is 2. The average molecular weight is 394 g/mol. The Morgan fingerprint density at radius 2 is 1.96 bits per heavy atom. The van der Waals surface area contributed by atoms with Crippen molar-refractivity contribution in [1.82, 2.24) is 10.2 Å². The van der Waals surface area contributed by atoms with E-state index >= 15 is 0 Å². The smallest absolute Gasteiger partial charge is 0.319 e. The van der Waals surface area contributed by atoms with Crippen LogP contribution >= 0.6 is 15.9 Å². The van der Waals surface area contributed by atoms with Crippen LogP contribution in [0, 0.1) is 5.82 Å². The van der Waals surface area contributed by atoms with Crippen LogP contribution in [0.15, 0.2) is 46.9 Å². The Bertz CT molecular complexity index is 708. The monoisotopic (exact) mass is 393 g/mol. The van der Waals surface area contributed by atoms with Gasteiger partial charge in [-0.3, -0.25) is 0 Å². The Hall–Kier alpha value is -1.92. The third-order valence-electron chi connectivity index (χ3n) is 3.62. The summed E-state index contributed by atoms with van der Waals surface area (Å²) in [5.41, 5.74) is 2.34. The zero-order chi connectivity index (χ0) is 17.5. The third-order valence-corrected chi connectivity index (χ3v) is 4.11. The fourth-order valence-electron chi connectivity index (χ4n) is 2.20. The van der Waals surface area contributed by atoms with Gasteiger partial charge in [-0.05, 0) is 42.9 Å². The van der Waals surface area contributed by atoms with E-state index in [1.807, 2.05) is 12.1 Å². The van der Waals surface area contributed by atoms with Crippen molar-refractivity contribution in [3.8, 4) is 0 Å². The number of hydrogen-bond acceptors (Lipinski definition) is 2. The number of nitrogens with one attached hydrogen (secondary N) is 2. The second kappa shape index (κ2) is 8.80. The van der Waals surface area contributed by atoms with Gasteiger partial charge in [0.05, 0.1) is 5.69 Å². The molecule has 24 heavy (non-hydrogen) atoms. The highest BCUT2D eigenvalue weighted by molar-refractivity contribution is 9.10. The SMILES string of the molecule is CCN(C)Cc1cccc(CNC(=O)Nc2ccc(Br)cc2F)c1. The van der Waals surface area contributed by atoms with Crippen molar-refractivity contribution in [3.05, 3.63) is 63.9 Å². The summed E-state index contributed by atoms with van der Waals surface area (Å²) in [5.74, 6) is -0.482. The number of nitrogens with zero attached hydrogens (tertiary/aromatic N) is 1. The predicted octanol–water partition coefficient (Wildman–Crippen LogP) is 4.36. The van der Waals surface area contributed by atoms with Gasteiger partial charge < -0.3 is 15.5 Å². The van der Waals surface area contributed by atoms with Gasteiger partial charge in [-0.15, -0.1) is 0 Å². The lowest BCUT2D eigenvalue weighted by atomic mass is 10.1. The van der Waals surface area contributed by atoms with Crippen molar-refractivity contribution in [2.45, 2.75) is 20.0 Å². The zero-order valence-corrected chi connectivity index (χ0v) is 15.4. The number of anilines is 1. The summed E-state index contributed by atoms with van der Waals surface area (Å²) in [6, 6.07) is 12.1. The summed E-state index contributed by atoms with van der Waals surface area (Å²) in [6.07, 6.45) is 0. The molecule has 4 nitrogen and oxygen atoms in total. The fourth-order valence-corrected chi connectivity index (χ4v) is 2.53. The lowest BCUT2D eigenvalue weighted by molar-refractivity contribution is 0.251. The lowest BCUT2D eigenvalue weighted by Gasteiger charge is -2.14. The molecule has 6 heteroatoms. The molecule has 2 amide bonds. The Balaban J connectivity index is 1.90. The minimum atomic E-state index is -0.482. The molecular formula is C18H21BrFN3O. The first kappa shape index (κ1) is 18.4. The largest absolute Gasteiger partial charge is 0.334 e. The van der Waals surface area contributed by atoms with Crippen LogP contribution in [0.5, 0.6) is 0 Å². The molecule has 0 heterocycles. The summed E-state index contributed by atoms with van der Waals surface area (Å²) in [5, 5.41) is 5.25. The minimum absolute atomic E-state index is 0.147. The maximum atomic E-state index is 13.7. The van der Waals surface area contributed by atoms with Crippen molar-refractivity contribution >= 4 is 27.6 Å². The van der Waals surface area contributed by atoms with Crippen LogP contribution in [0.1, 0.15) is 18.1 Å². The standard InChI is InChI=1S/C18H21BrFN3O/c1-3-23(2)12-14-6-4-5-13(9-14)11-21-18(24)22-17-8-7-15(19)10-16(17)20/h4-10H,3,11-12H2,1-2H3,(H2,21,22,24). The van der Waals surface area contributed by atoms with Crippen LogP contribution in [0.4, 0.5) is 14.9 Å². The van der Waals surface area contributed by atoms with E-state index in [1.165, 1.54) is 17.7 Å². The topological polar surface area (TPSA) is 44.4 Å². The minimum Gasteiger partial charge on any atom is -0.334 e. The van der Waals surface area contributed by atoms with E-state index in [9.17, 15) is 9.18 Å². The number of amides is 2.